The Morgan fingerprint density at radius 2 is 1.82 bits per heavy atom. The second-order valence-corrected chi connectivity index (χ2v) is 2.17. The van der Waals surface area contributed by atoms with Crippen LogP contribution in [0.5, 0.6) is 0 Å². The van der Waals surface area contributed by atoms with Crippen LogP contribution < -0.4 is 0 Å². The lowest BCUT2D eigenvalue weighted by molar-refractivity contribution is -0.253. The van der Waals surface area contributed by atoms with E-state index in [1.54, 1.807) is 0 Å². The molecule has 0 aromatic rings. The van der Waals surface area contributed by atoms with E-state index in [1.807, 2.05) is 0 Å². The van der Waals surface area contributed by atoms with Gasteiger partial charge in [-0.25, -0.2) is 0 Å². The van der Waals surface area contributed by atoms with Crippen molar-refractivity contribution in [2.45, 2.75) is 12.5 Å². The van der Waals surface area contributed by atoms with Crippen LogP contribution in [0.2, 0.25) is 0 Å². The second-order valence-electron chi connectivity index (χ2n) is 2.17. The van der Waals surface area contributed by atoms with Crippen LogP contribution in [0.3, 0.4) is 0 Å². The lowest BCUT2D eigenvalue weighted by Gasteiger charge is -2.21. The Labute approximate surface area is 59.9 Å². The Morgan fingerprint density at radius 3 is 1.91 bits per heavy atom. The van der Waals surface area contributed by atoms with Crippen molar-refractivity contribution in [2.75, 3.05) is 6.54 Å². The van der Waals surface area contributed by atoms with Crippen molar-refractivity contribution < 1.29 is 22.7 Å². The first-order valence-electron chi connectivity index (χ1n) is 2.59. The minimum absolute atomic E-state index is 0.237. The maximum absolute atomic E-state index is 11.7. The summed E-state index contributed by atoms with van der Waals surface area (Å²) in [5.41, 5.74) is -2.44. The van der Waals surface area contributed by atoms with Crippen molar-refractivity contribution in [1.29, 1.82) is 0 Å². The molecule has 0 fully saturated rings. The summed E-state index contributed by atoms with van der Waals surface area (Å²) >= 11 is 0. The first kappa shape index (κ1) is 10.3. The molecule has 0 N–H and O–H groups in total. The third kappa shape index (κ3) is 2.81. The smallest absolute Gasteiger partial charge is 0.154 e. The summed E-state index contributed by atoms with van der Waals surface area (Å²) in [6.45, 7) is -0.629. The van der Waals surface area contributed by atoms with Crippen molar-refractivity contribution >= 4 is 6.29 Å². The Kier molecular flexibility index (Phi) is 3.40. The van der Waals surface area contributed by atoms with Gasteiger partial charge in [-0.1, -0.05) is 0 Å². The number of hydrogen-bond acceptors (Lipinski definition) is 3. The van der Waals surface area contributed by atoms with Crippen molar-refractivity contribution in [2.24, 2.45) is 0 Å². The highest BCUT2D eigenvalue weighted by Crippen LogP contribution is 2.15. The summed E-state index contributed by atoms with van der Waals surface area (Å²) in [6, 6.07) is 0. The lowest BCUT2D eigenvalue weighted by atomic mass is 10.1. The molecule has 0 rings (SSSR count). The quantitative estimate of drug-likeness (QED) is 0.362. The number of carbonyl (C=O) groups excluding carboxylic acids is 1. The van der Waals surface area contributed by atoms with Gasteiger partial charge >= 0.3 is 0 Å². The van der Waals surface area contributed by atoms with Gasteiger partial charge in [0.2, 0.25) is 0 Å². The predicted molar refractivity (Wildman–Crippen MR) is 27.4 cm³/mol. The van der Waals surface area contributed by atoms with E-state index in [0.29, 0.717) is 6.92 Å². The lowest BCUT2D eigenvalue weighted by Crippen LogP contribution is -2.45. The molecular formula is C4H6F4N2O. The maximum Gasteiger partial charge on any atom is 0.154 e. The first-order valence-corrected chi connectivity index (χ1v) is 2.59. The molecule has 0 aliphatic carbocycles. The van der Waals surface area contributed by atoms with Crippen LogP contribution in [-0.2, 0) is 4.79 Å². The van der Waals surface area contributed by atoms with Crippen LogP contribution in [-0.4, -0.2) is 29.1 Å². The molecule has 0 spiro atoms. The van der Waals surface area contributed by atoms with E-state index in [2.05, 4.69) is 0 Å². The molecule has 1 unspecified atom stereocenters. The summed E-state index contributed by atoms with van der Waals surface area (Å²) in [4.78, 5) is 9.92. The van der Waals surface area contributed by atoms with Crippen LogP contribution in [0, 0.1) is 0 Å². The molecule has 0 saturated heterocycles. The number of nitrogens with zero attached hydrogens (tertiary/aromatic N) is 2. The van der Waals surface area contributed by atoms with Gasteiger partial charge in [0, 0.05) is 10.7 Å². The fourth-order valence-electron chi connectivity index (χ4n) is 0.373. The maximum atomic E-state index is 11.7. The average molecular weight is 174 g/mol. The molecule has 66 valence electrons. The topological polar surface area (TPSA) is 23.6 Å². The molecule has 0 aromatic carbocycles. The van der Waals surface area contributed by atoms with Crippen LogP contribution in [0.25, 0.3) is 0 Å². The van der Waals surface area contributed by atoms with Gasteiger partial charge in [0.1, 0.15) is 6.29 Å². The molecule has 0 amide bonds. The molecule has 11 heavy (non-hydrogen) atoms. The number of carbonyl (C=O) groups is 1. The first-order chi connectivity index (χ1) is 4.92. The van der Waals surface area contributed by atoms with E-state index < -0.39 is 22.8 Å². The zero-order chi connectivity index (χ0) is 9.07. The standard InChI is InChI=1S/C4H6F4N2O/c1-4(3-11,10(7)8)2-9(5)6/h3H,2H2,1H3. The third-order valence-corrected chi connectivity index (χ3v) is 1.08. The van der Waals surface area contributed by atoms with Gasteiger partial charge in [0.15, 0.2) is 5.54 Å². The molecule has 0 heterocycles. The van der Waals surface area contributed by atoms with E-state index in [-0.39, 0.29) is 6.29 Å². The van der Waals surface area contributed by atoms with E-state index in [9.17, 15) is 22.7 Å². The highest BCUT2D eigenvalue weighted by Gasteiger charge is 2.36. The Morgan fingerprint density at radius 1 is 1.36 bits per heavy atom. The summed E-state index contributed by atoms with van der Waals surface area (Å²) in [7, 11) is 0. The largest absolute Gasteiger partial charge is 0.301 e. The average Bonchev–Trinajstić information content (AvgIpc) is 1.86. The number of hydrogen-bond donors (Lipinski definition) is 0. The SMILES string of the molecule is CC(C=O)(CN(F)F)N(F)F. The molecule has 0 aliphatic heterocycles. The molecule has 7 heteroatoms. The normalized spacial score (nSPS) is 17.0. The van der Waals surface area contributed by atoms with Crippen molar-refractivity contribution in [3.63, 3.8) is 0 Å². The van der Waals surface area contributed by atoms with Crippen molar-refractivity contribution in [1.82, 2.24) is 10.7 Å². The van der Waals surface area contributed by atoms with E-state index in [0.717, 1.165) is 0 Å². The van der Waals surface area contributed by atoms with Crippen molar-refractivity contribution in [3.8, 4) is 0 Å². The zero-order valence-electron chi connectivity index (χ0n) is 5.60. The molecule has 0 aliphatic rings. The summed E-state index contributed by atoms with van der Waals surface area (Å²) in [5.74, 6) is 0. The molecule has 0 radical (unpaired) electrons. The highest BCUT2D eigenvalue weighted by atomic mass is 19.4. The van der Waals surface area contributed by atoms with Gasteiger partial charge in [-0.2, -0.15) is 0 Å². The Hall–Kier alpha value is -0.690. The Bertz CT molecular complexity index is 142. The van der Waals surface area contributed by atoms with Gasteiger partial charge in [0.05, 0.1) is 6.54 Å². The summed E-state index contributed by atoms with van der Waals surface area (Å²) in [6.07, 6.45) is -0.237. The molecule has 3 nitrogen and oxygen atoms in total. The van der Waals surface area contributed by atoms with E-state index >= 15 is 0 Å². The third-order valence-electron chi connectivity index (χ3n) is 1.08. The highest BCUT2D eigenvalue weighted by molar-refractivity contribution is 5.63. The monoisotopic (exact) mass is 174 g/mol. The zero-order valence-corrected chi connectivity index (χ0v) is 5.60. The van der Waals surface area contributed by atoms with Gasteiger partial charge in [-0.15, -0.1) is 17.9 Å². The molecule has 1 atom stereocenters. The fourth-order valence-corrected chi connectivity index (χ4v) is 0.373. The number of rotatable bonds is 4. The van der Waals surface area contributed by atoms with Crippen LogP contribution in [0.1, 0.15) is 6.92 Å². The second kappa shape index (κ2) is 3.63. The van der Waals surface area contributed by atoms with Crippen LogP contribution >= 0.6 is 0 Å². The molecule has 0 saturated carbocycles. The van der Waals surface area contributed by atoms with Gasteiger partial charge in [-0.05, 0) is 6.92 Å². The number of halogens is 4. The van der Waals surface area contributed by atoms with Gasteiger partial charge < -0.3 is 4.79 Å². The van der Waals surface area contributed by atoms with E-state index in [4.69, 9.17) is 0 Å². The minimum Gasteiger partial charge on any atom is -0.301 e. The molecule has 0 bridgehead atoms. The fraction of sp³-hybridized carbons (Fsp3) is 0.750. The van der Waals surface area contributed by atoms with Crippen LogP contribution in [0.4, 0.5) is 17.9 Å². The van der Waals surface area contributed by atoms with Gasteiger partial charge in [0.25, 0.3) is 0 Å². The van der Waals surface area contributed by atoms with Gasteiger partial charge in [-0.3, -0.25) is 0 Å². The summed E-state index contributed by atoms with van der Waals surface area (Å²) in [5, 5.41) is -3.02. The number of aldehydes is 1. The minimum atomic E-state index is -2.44. The predicted octanol–water partition coefficient (Wildman–Crippen LogP) is 1.09. The van der Waals surface area contributed by atoms with E-state index in [1.165, 1.54) is 0 Å². The molecule has 0 aromatic heterocycles. The van der Waals surface area contributed by atoms with Crippen molar-refractivity contribution in [3.05, 3.63) is 0 Å². The Balaban J connectivity index is 4.22. The molecular weight excluding hydrogens is 168 g/mol. The summed E-state index contributed by atoms with van der Waals surface area (Å²) < 4.78 is 46.2. The van der Waals surface area contributed by atoms with Crippen LogP contribution in [0.15, 0.2) is 0 Å².